The molecule has 0 aliphatic carbocycles. The van der Waals surface area contributed by atoms with Gasteiger partial charge in [0, 0.05) is 13.1 Å². The summed E-state index contributed by atoms with van der Waals surface area (Å²) in [6.07, 6.45) is 4.79. The summed E-state index contributed by atoms with van der Waals surface area (Å²) in [5.74, 6) is 0. The van der Waals surface area contributed by atoms with Crippen LogP contribution in [0.25, 0.3) is 0 Å². The molecule has 96 valence electrons. The molecule has 1 heterocycles. The second kappa shape index (κ2) is 8.04. The van der Waals surface area contributed by atoms with Crippen molar-refractivity contribution in [3.05, 3.63) is 0 Å². The third-order valence-corrected chi connectivity index (χ3v) is 3.07. The lowest BCUT2D eigenvalue weighted by Crippen LogP contribution is -2.45. The molecule has 0 bridgehead atoms. The molecular formula is C13H28N2O. The molecule has 0 aromatic heterocycles. The topological polar surface area (TPSA) is 24.5 Å². The van der Waals surface area contributed by atoms with Gasteiger partial charge in [0.15, 0.2) is 0 Å². The Morgan fingerprint density at radius 2 is 1.81 bits per heavy atom. The monoisotopic (exact) mass is 228 g/mol. The fourth-order valence-electron chi connectivity index (χ4n) is 2.41. The second-order valence-corrected chi connectivity index (χ2v) is 4.93. The Kier molecular flexibility index (Phi) is 7.01. The molecule has 0 amide bonds. The highest BCUT2D eigenvalue weighted by Gasteiger charge is 2.21. The molecule has 0 radical (unpaired) electrons. The Labute approximate surface area is 101 Å². The quantitative estimate of drug-likeness (QED) is 0.673. The van der Waals surface area contributed by atoms with Gasteiger partial charge in [-0.2, -0.15) is 0 Å². The summed E-state index contributed by atoms with van der Waals surface area (Å²) < 4.78 is 5.72. The maximum atomic E-state index is 5.72. The van der Waals surface area contributed by atoms with Crippen LogP contribution < -0.4 is 5.32 Å². The molecule has 0 saturated carbocycles. The van der Waals surface area contributed by atoms with Crippen LogP contribution in [-0.2, 0) is 4.74 Å². The summed E-state index contributed by atoms with van der Waals surface area (Å²) in [6.45, 7) is 12.2. The summed E-state index contributed by atoms with van der Waals surface area (Å²) in [4.78, 5) is 2.55. The van der Waals surface area contributed by atoms with Gasteiger partial charge in [-0.25, -0.2) is 0 Å². The molecule has 1 rings (SSSR count). The molecular weight excluding hydrogens is 200 g/mol. The van der Waals surface area contributed by atoms with E-state index in [0.29, 0.717) is 12.2 Å². The smallest absolute Gasteiger partial charge is 0.0678 e. The third-order valence-electron chi connectivity index (χ3n) is 3.07. The van der Waals surface area contributed by atoms with Gasteiger partial charge in [0.05, 0.1) is 12.2 Å². The molecule has 0 aromatic carbocycles. The average Bonchev–Trinajstić information content (AvgIpc) is 2.22. The first-order chi connectivity index (χ1) is 7.72. The van der Waals surface area contributed by atoms with E-state index in [9.17, 15) is 0 Å². The average molecular weight is 228 g/mol. The zero-order valence-electron chi connectivity index (χ0n) is 11.2. The van der Waals surface area contributed by atoms with Crippen molar-refractivity contribution in [2.45, 2.75) is 52.2 Å². The Balaban J connectivity index is 1.99. The maximum Gasteiger partial charge on any atom is 0.0678 e. The van der Waals surface area contributed by atoms with Crippen molar-refractivity contribution in [3.63, 3.8) is 0 Å². The minimum Gasteiger partial charge on any atom is -0.373 e. The van der Waals surface area contributed by atoms with Gasteiger partial charge in [-0.1, -0.05) is 13.3 Å². The van der Waals surface area contributed by atoms with Crippen molar-refractivity contribution >= 4 is 0 Å². The number of hydrogen-bond acceptors (Lipinski definition) is 3. The summed E-state index contributed by atoms with van der Waals surface area (Å²) in [5.41, 5.74) is 0. The Morgan fingerprint density at radius 1 is 1.12 bits per heavy atom. The van der Waals surface area contributed by atoms with Crippen molar-refractivity contribution in [2.75, 3.05) is 32.7 Å². The first kappa shape index (κ1) is 13.9. The highest BCUT2D eigenvalue weighted by Crippen LogP contribution is 2.11. The SMILES string of the molecule is CCNCCCCCN1C[C@@H](C)O[C@@H](C)C1. The molecule has 3 nitrogen and oxygen atoms in total. The van der Waals surface area contributed by atoms with Crippen LogP contribution in [0.3, 0.4) is 0 Å². The van der Waals surface area contributed by atoms with Crippen LogP contribution in [0.15, 0.2) is 0 Å². The predicted molar refractivity (Wildman–Crippen MR) is 68.8 cm³/mol. The Hall–Kier alpha value is -0.120. The minimum absolute atomic E-state index is 0.408. The zero-order valence-corrected chi connectivity index (χ0v) is 11.2. The number of morpholine rings is 1. The standard InChI is InChI=1S/C13H28N2O/c1-4-14-8-6-5-7-9-15-10-12(2)16-13(3)11-15/h12-14H,4-11H2,1-3H3/t12-,13+. The molecule has 3 heteroatoms. The van der Waals surface area contributed by atoms with Gasteiger partial charge in [0.2, 0.25) is 0 Å². The number of nitrogens with zero attached hydrogens (tertiary/aromatic N) is 1. The predicted octanol–water partition coefficient (Wildman–Crippen LogP) is 1.88. The van der Waals surface area contributed by atoms with E-state index in [0.717, 1.165) is 19.6 Å². The number of nitrogens with one attached hydrogen (secondary N) is 1. The van der Waals surface area contributed by atoms with E-state index >= 15 is 0 Å². The lowest BCUT2D eigenvalue weighted by molar-refractivity contribution is -0.0681. The molecule has 1 fully saturated rings. The van der Waals surface area contributed by atoms with Crippen LogP contribution in [-0.4, -0.2) is 49.8 Å². The van der Waals surface area contributed by atoms with Crippen molar-refractivity contribution in [1.82, 2.24) is 10.2 Å². The molecule has 0 spiro atoms. The maximum absolute atomic E-state index is 5.72. The Morgan fingerprint density at radius 3 is 2.44 bits per heavy atom. The highest BCUT2D eigenvalue weighted by atomic mass is 16.5. The van der Waals surface area contributed by atoms with Gasteiger partial charge in [-0.05, 0) is 46.3 Å². The van der Waals surface area contributed by atoms with E-state index in [-0.39, 0.29) is 0 Å². The summed E-state index contributed by atoms with van der Waals surface area (Å²) in [6, 6.07) is 0. The van der Waals surface area contributed by atoms with Crippen LogP contribution in [0.1, 0.15) is 40.0 Å². The number of unbranched alkanes of at least 4 members (excludes halogenated alkanes) is 2. The van der Waals surface area contributed by atoms with Crippen LogP contribution in [0.4, 0.5) is 0 Å². The largest absolute Gasteiger partial charge is 0.373 e. The molecule has 1 aliphatic rings. The van der Waals surface area contributed by atoms with E-state index in [1.54, 1.807) is 0 Å². The number of hydrogen-bond donors (Lipinski definition) is 1. The molecule has 0 unspecified atom stereocenters. The third kappa shape index (κ3) is 5.83. The van der Waals surface area contributed by atoms with Crippen molar-refractivity contribution in [3.8, 4) is 0 Å². The number of rotatable bonds is 7. The van der Waals surface area contributed by atoms with E-state index in [4.69, 9.17) is 4.74 Å². The van der Waals surface area contributed by atoms with Crippen LogP contribution in [0.5, 0.6) is 0 Å². The van der Waals surface area contributed by atoms with Crippen LogP contribution in [0, 0.1) is 0 Å². The van der Waals surface area contributed by atoms with E-state index < -0.39 is 0 Å². The number of ether oxygens (including phenoxy) is 1. The molecule has 1 saturated heterocycles. The Bertz CT molecular complexity index is 165. The first-order valence-corrected chi connectivity index (χ1v) is 6.81. The van der Waals surface area contributed by atoms with Gasteiger partial charge >= 0.3 is 0 Å². The van der Waals surface area contributed by atoms with Crippen LogP contribution in [0.2, 0.25) is 0 Å². The summed E-state index contributed by atoms with van der Waals surface area (Å²) in [7, 11) is 0. The summed E-state index contributed by atoms with van der Waals surface area (Å²) in [5, 5.41) is 3.37. The van der Waals surface area contributed by atoms with Crippen molar-refractivity contribution < 1.29 is 4.74 Å². The van der Waals surface area contributed by atoms with E-state index in [1.165, 1.54) is 32.4 Å². The van der Waals surface area contributed by atoms with Gasteiger partial charge in [-0.15, -0.1) is 0 Å². The van der Waals surface area contributed by atoms with E-state index in [1.807, 2.05) is 0 Å². The van der Waals surface area contributed by atoms with Gasteiger partial charge in [-0.3, -0.25) is 4.90 Å². The molecule has 0 aromatic rings. The zero-order chi connectivity index (χ0) is 11.8. The van der Waals surface area contributed by atoms with Gasteiger partial charge < -0.3 is 10.1 Å². The van der Waals surface area contributed by atoms with E-state index in [2.05, 4.69) is 31.0 Å². The normalized spacial score (nSPS) is 27.2. The van der Waals surface area contributed by atoms with Gasteiger partial charge in [0.1, 0.15) is 0 Å². The van der Waals surface area contributed by atoms with Crippen molar-refractivity contribution in [1.29, 1.82) is 0 Å². The second-order valence-electron chi connectivity index (χ2n) is 4.93. The lowest BCUT2D eigenvalue weighted by atomic mass is 10.2. The first-order valence-electron chi connectivity index (χ1n) is 6.81. The molecule has 16 heavy (non-hydrogen) atoms. The van der Waals surface area contributed by atoms with Gasteiger partial charge in [0.25, 0.3) is 0 Å². The van der Waals surface area contributed by atoms with Crippen molar-refractivity contribution in [2.24, 2.45) is 0 Å². The lowest BCUT2D eigenvalue weighted by Gasteiger charge is -2.35. The molecule has 2 atom stereocenters. The summed E-state index contributed by atoms with van der Waals surface area (Å²) >= 11 is 0. The molecule has 1 aliphatic heterocycles. The fourth-order valence-corrected chi connectivity index (χ4v) is 2.41. The fraction of sp³-hybridized carbons (Fsp3) is 1.00. The minimum atomic E-state index is 0.408. The highest BCUT2D eigenvalue weighted by molar-refractivity contribution is 4.72. The van der Waals surface area contributed by atoms with Crippen LogP contribution >= 0.6 is 0 Å². The molecule has 1 N–H and O–H groups in total.